The first-order valence-corrected chi connectivity index (χ1v) is 13.1. The SMILES string of the molecule is CC(C)C(NC(=O)c1cnc2ccccc2c1)C(=O)N1CCCC1C(=O)NC(CCCNC(=N)N)C(=O)CF. The van der Waals surface area contributed by atoms with Crippen LogP contribution >= 0.6 is 0 Å². The van der Waals surface area contributed by atoms with Gasteiger partial charge in [-0.2, -0.15) is 0 Å². The van der Waals surface area contributed by atoms with Crippen molar-refractivity contribution in [1.29, 1.82) is 5.41 Å². The third-order valence-electron chi connectivity index (χ3n) is 6.73. The normalized spacial score (nSPS) is 16.5. The second kappa shape index (κ2) is 13.6. The van der Waals surface area contributed by atoms with Crippen LogP contribution in [0.4, 0.5) is 4.39 Å². The van der Waals surface area contributed by atoms with E-state index in [-0.39, 0.29) is 24.8 Å². The number of ketones is 1. The van der Waals surface area contributed by atoms with Gasteiger partial charge in [0.15, 0.2) is 11.7 Å². The van der Waals surface area contributed by atoms with E-state index in [1.807, 2.05) is 24.3 Å². The minimum Gasteiger partial charge on any atom is -0.370 e. The van der Waals surface area contributed by atoms with Crippen molar-refractivity contribution >= 4 is 40.4 Å². The zero-order chi connectivity index (χ0) is 28.5. The molecule has 2 aromatic rings. The van der Waals surface area contributed by atoms with Crippen LogP contribution in [-0.4, -0.2) is 77.2 Å². The molecule has 6 N–H and O–H groups in total. The van der Waals surface area contributed by atoms with Crippen molar-refractivity contribution in [2.45, 2.75) is 57.7 Å². The van der Waals surface area contributed by atoms with Crippen molar-refractivity contribution in [3.8, 4) is 0 Å². The number of likely N-dealkylation sites (tertiary alicyclic amines) is 1. The molecule has 1 saturated heterocycles. The highest BCUT2D eigenvalue weighted by atomic mass is 19.1. The van der Waals surface area contributed by atoms with Gasteiger partial charge >= 0.3 is 0 Å². The Labute approximate surface area is 226 Å². The number of hydrogen-bond acceptors (Lipinski definition) is 6. The van der Waals surface area contributed by atoms with Crippen LogP contribution in [0.15, 0.2) is 36.5 Å². The molecule has 0 bridgehead atoms. The van der Waals surface area contributed by atoms with Crippen molar-refractivity contribution in [2.75, 3.05) is 19.8 Å². The molecule has 0 saturated carbocycles. The van der Waals surface area contributed by atoms with Gasteiger partial charge in [-0.15, -0.1) is 0 Å². The lowest BCUT2D eigenvalue weighted by Gasteiger charge is -2.31. The molecular formula is C27H36FN7O4. The predicted molar refractivity (Wildman–Crippen MR) is 145 cm³/mol. The smallest absolute Gasteiger partial charge is 0.253 e. The maximum absolute atomic E-state index is 13.6. The van der Waals surface area contributed by atoms with Crippen molar-refractivity contribution < 1.29 is 23.6 Å². The van der Waals surface area contributed by atoms with Crippen LogP contribution in [-0.2, 0) is 14.4 Å². The van der Waals surface area contributed by atoms with Crippen LogP contribution in [0.1, 0.15) is 49.9 Å². The van der Waals surface area contributed by atoms with Gasteiger partial charge in [-0.05, 0) is 43.7 Å². The maximum atomic E-state index is 13.6. The Morgan fingerprint density at radius 2 is 1.95 bits per heavy atom. The number of carbonyl (C=O) groups excluding carboxylic acids is 4. The van der Waals surface area contributed by atoms with E-state index in [1.165, 1.54) is 11.1 Å². The van der Waals surface area contributed by atoms with Gasteiger partial charge in [0.25, 0.3) is 5.91 Å². The Hall–Kier alpha value is -4.09. The fourth-order valence-corrected chi connectivity index (χ4v) is 4.62. The highest BCUT2D eigenvalue weighted by Gasteiger charge is 2.39. The zero-order valence-corrected chi connectivity index (χ0v) is 22.2. The van der Waals surface area contributed by atoms with Crippen LogP contribution in [0.5, 0.6) is 0 Å². The van der Waals surface area contributed by atoms with E-state index >= 15 is 0 Å². The van der Waals surface area contributed by atoms with Gasteiger partial charge < -0.3 is 26.6 Å². The number of nitrogens with one attached hydrogen (secondary N) is 4. The fraction of sp³-hybridized carbons (Fsp3) is 0.481. The van der Waals surface area contributed by atoms with E-state index in [9.17, 15) is 23.6 Å². The van der Waals surface area contributed by atoms with Crippen LogP contribution in [0, 0.1) is 11.3 Å². The first kappa shape index (κ1) is 29.5. The monoisotopic (exact) mass is 541 g/mol. The number of guanidine groups is 1. The molecule has 0 spiro atoms. The summed E-state index contributed by atoms with van der Waals surface area (Å²) in [7, 11) is 0. The summed E-state index contributed by atoms with van der Waals surface area (Å²) in [5, 5.41) is 16.0. The molecule has 39 heavy (non-hydrogen) atoms. The first-order chi connectivity index (χ1) is 18.6. The lowest BCUT2D eigenvalue weighted by molar-refractivity contribution is -0.141. The standard InChI is InChI=1S/C27H36FN7O4/c1-16(2)23(34-24(37)18-13-17-7-3-4-8-19(17)32-15-18)26(39)35-12-6-10-21(35)25(38)33-20(22(36)14-28)9-5-11-31-27(29)30/h3-4,7-8,13,15-16,20-21,23H,5-6,9-12,14H2,1-2H3,(H,33,38)(H,34,37)(H4,29,30,31). The van der Waals surface area contributed by atoms with Crippen LogP contribution < -0.4 is 21.7 Å². The van der Waals surface area contributed by atoms with E-state index in [0.717, 1.165) is 10.9 Å². The van der Waals surface area contributed by atoms with E-state index in [2.05, 4.69) is 20.9 Å². The van der Waals surface area contributed by atoms with Crippen molar-refractivity contribution in [3.05, 3.63) is 42.1 Å². The summed E-state index contributed by atoms with van der Waals surface area (Å²) in [5.74, 6) is -2.65. The molecule has 1 aromatic carbocycles. The van der Waals surface area contributed by atoms with Gasteiger partial charge in [0.2, 0.25) is 11.8 Å². The summed E-state index contributed by atoms with van der Waals surface area (Å²) in [6.07, 6.45) is 2.93. The van der Waals surface area contributed by atoms with Crippen molar-refractivity contribution in [3.63, 3.8) is 0 Å². The lowest BCUT2D eigenvalue weighted by atomic mass is 10.0. The topological polar surface area (TPSA) is 170 Å². The molecule has 1 aromatic heterocycles. The molecule has 3 amide bonds. The van der Waals surface area contributed by atoms with Gasteiger partial charge in [-0.25, -0.2) is 4.39 Å². The minimum absolute atomic E-state index is 0.153. The van der Waals surface area contributed by atoms with Gasteiger partial charge in [-0.1, -0.05) is 32.0 Å². The second-order valence-corrected chi connectivity index (χ2v) is 9.95. The lowest BCUT2D eigenvalue weighted by Crippen LogP contribution is -2.56. The number of nitrogens with zero attached hydrogens (tertiary/aromatic N) is 2. The molecule has 1 fully saturated rings. The number of benzene rings is 1. The fourth-order valence-electron chi connectivity index (χ4n) is 4.62. The molecule has 3 atom stereocenters. The Balaban J connectivity index is 1.68. The second-order valence-electron chi connectivity index (χ2n) is 9.95. The Kier molecular flexibility index (Phi) is 10.3. The van der Waals surface area contributed by atoms with Gasteiger partial charge in [0.1, 0.15) is 18.8 Å². The number of Topliss-reactive ketones (excluding diaryl/α,β-unsaturated/α-hetero) is 1. The van der Waals surface area contributed by atoms with Crippen molar-refractivity contribution in [1.82, 2.24) is 25.8 Å². The summed E-state index contributed by atoms with van der Waals surface area (Å²) in [6.45, 7) is 2.98. The molecule has 1 aliphatic rings. The Morgan fingerprint density at radius 1 is 1.21 bits per heavy atom. The molecule has 210 valence electrons. The van der Waals surface area contributed by atoms with Gasteiger partial charge in [0.05, 0.1) is 17.1 Å². The van der Waals surface area contributed by atoms with E-state index < -0.39 is 48.3 Å². The number of para-hydroxylation sites is 1. The van der Waals surface area contributed by atoms with Crippen LogP contribution in [0.3, 0.4) is 0 Å². The molecule has 1 aliphatic heterocycles. The largest absolute Gasteiger partial charge is 0.370 e. The summed E-state index contributed by atoms with van der Waals surface area (Å²) < 4.78 is 13.2. The maximum Gasteiger partial charge on any atom is 0.253 e. The quantitative estimate of drug-likeness (QED) is 0.153. The predicted octanol–water partition coefficient (Wildman–Crippen LogP) is 1.27. The number of rotatable bonds is 12. The summed E-state index contributed by atoms with van der Waals surface area (Å²) in [4.78, 5) is 57.7. The highest BCUT2D eigenvalue weighted by molar-refractivity contribution is 6.00. The number of alkyl halides is 1. The molecule has 0 radical (unpaired) electrons. The molecule has 3 unspecified atom stereocenters. The number of hydrogen-bond donors (Lipinski definition) is 5. The average Bonchev–Trinajstić information content (AvgIpc) is 3.42. The van der Waals surface area contributed by atoms with Crippen LogP contribution in [0.25, 0.3) is 10.9 Å². The minimum atomic E-state index is -1.23. The third-order valence-corrected chi connectivity index (χ3v) is 6.73. The number of nitrogens with two attached hydrogens (primary N) is 1. The van der Waals surface area contributed by atoms with E-state index in [0.29, 0.717) is 31.4 Å². The van der Waals surface area contributed by atoms with Crippen LogP contribution in [0.2, 0.25) is 0 Å². The zero-order valence-electron chi connectivity index (χ0n) is 22.2. The van der Waals surface area contributed by atoms with Gasteiger partial charge in [-0.3, -0.25) is 29.6 Å². The first-order valence-electron chi connectivity index (χ1n) is 13.1. The number of aromatic nitrogens is 1. The summed E-state index contributed by atoms with van der Waals surface area (Å²) >= 11 is 0. The number of fused-ring (bicyclic) bond motifs is 1. The highest BCUT2D eigenvalue weighted by Crippen LogP contribution is 2.21. The average molecular weight is 542 g/mol. The Bertz CT molecular complexity index is 1220. The number of carbonyl (C=O) groups is 4. The van der Waals surface area contributed by atoms with Crippen molar-refractivity contribution in [2.24, 2.45) is 11.7 Å². The van der Waals surface area contributed by atoms with Gasteiger partial charge in [0, 0.05) is 24.7 Å². The molecule has 3 rings (SSSR count). The Morgan fingerprint density at radius 3 is 2.64 bits per heavy atom. The molecular weight excluding hydrogens is 505 g/mol. The number of halogens is 1. The molecule has 2 heterocycles. The third kappa shape index (κ3) is 7.71. The molecule has 12 heteroatoms. The van der Waals surface area contributed by atoms with E-state index in [1.54, 1.807) is 19.9 Å². The number of pyridine rings is 1. The molecule has 0 aliphatic carbocycles. The summed E-state index contributed by atoms with van der Waals surface area (Å²) in [5.41, 5.74) is 6.30. The van der Waals surface area contributed by atoms with E-state index in [4.69, 9.17) is 11.1 Å². The summed E-state index contributed by atoms with van der Waals surface area (Å²) in [6, 6.07) is 6.30. The number of amides is 3. The molecule has 11 nitrogen and oxygen atoms in total.